The van der Waals surface area contributed by atoms with E-state index in [-0.39, 0.29) is 19.4 Å². The van der Waals surface area contributed by atoms with Crippen LogP contribution in [0.4, 0.5) is 0 Å². The molecule has 0 spiro atoms. The molecule has 0 heterocycles. The lowest BCUT2D eigenvalue weighted by molar-refractivity contribution is -0.161. The van der Waals surface area contributed by atoms with Gasteiger partial charge in [0, 0.05) is 12.8 Å². The zero-order chi connectivity index (χ0) is 39.1. The maximum absolute atomic E-state index is 12.6. The summed E-state index contributed by atoms with van der Waals surface area (Å²) in [4.78, 5) is 34.9. The van der Waals surface area contributed by atoms with Crippen LogP contribution in [0.1, 0.15) is 181 Å². The van der Waals surface area contributed by atoms with E-state index < -0.39 is 51.8 Å². The summed E-state index contributed by atoms with van der Waals surface area (Å²) < 4.78 is 32.7. The first-order chi connectivity index (χ1) is 25.7. The molecule has 0 bridgehead atoms. The van der Waals surface area contributed by atoms with Crippen molar-refractivity contribution in [2.45, 2.75) is 193 Å². The van der Waals surface area contributed by atoms with Gasteiger partial charge < -0.3 is 24.6 Å². The fourth-order valence-corrected chi connectivity index (χ4v) is 6.26. The average molecular weight is 773 g/mol. The summed E-state index contributed by atoms with van der Waals surface area (Å²) in [5.41, 5.74) is 0. The van der Waals surface area contributed by atoms with Crippen molar-refractivity contribution >= 4 is 19.8 Å². The lowest BCUT2D eigenvalue weighted by atomic mass is 10.1. The summed E-state index contributed by atoms with van der Waals surface area (Å²) in [5, 5.41) is 18.3. The molecule has 0 rings (SSSR count). The Bertz CT molecular complexity index is 983. The molecule has 0 aliphatic carbocycles. The minimum atomic E-state index is -4.62. The summed E-state index contributed by atoms with van der Waals surface area (Å²) in [7, 11) is -4.62. The quantitative estimate of drug-likeness (QED) is 0.0238. The first-order valence-corrected chi connectivity index (χ1v) is 22.4. The zero-order valence-electron chi connectivity index (χ0n) is 33.5. The number of carbonyl (C=O) groups excluding carboxylic acids is 2. The third-order valence-corrected chi connectivity index (χ3v) is 9.72. The van der Waals surface area contributed by atoms with Gasteiger partial charge in [0.1, 0.15) is 12.7 Å². The second-order valence-corrected chi connectivity index (χ2v) is 15.5. The fourth-order valence-electron chi connectivity index (χ4n) is 5.47. The normalized spacial score (nSPS) is 14.3. The van der Waals surface area contributed by atoms with Gasteiger partial charge in [0.2, 0.25) is 0 Å². The van der Waals surface area contributed by atoms with Crippen LogP contribution in [0.5, 0.6) is 0 Å². The second-order valence-electron chi connectivity index (χ2n) is 14.0. The summed E-state index contributed by atoms with van der Waals surface area (Å²) in [6, 6.07) is 0. The molecule has 0 radical (unpaired) electrons. The average Bonchev–Trinajstić information content (AvgIpc) is 3.14. The molecule has 0 aromatic rings. The van der Waals surface area contributed by atoms with Crippen LogP contribution in [0.25, 0.3) is 0 Å². The van der Waals surface area contributed by atoms with Crippen LogP contribution in [-0.2, 0) is 32.7 Å². The van der Waals surface area contributed by atoms with Crippen LogP contribution in [0.15, 0.2) is 36.5 Å². The molecule has 11 heteroatoms. The van der Waals surface area contributed by atoms with E-state index in [4.69, 9.17) is 19.1 Å². The van der Waals surface area contributed by atoms with E-state index in [2.05, 4.69) is 54.8 Å². The molecule has 0 aliphatic heterocycles. The number of rotatable bonds is 39. The van der Waals surface area contributed by atoms with Crippen molar-refractivity contribution in [3.63, 3.8) is 0 Å². The van der Waals surface area contributed by atoms with Crippen molar-refractivity contribution in [3.05, 3.63) is 36.5 Å². The monoisotopic (exact) mass is 773 g/mol. The van der Waals surface area contributed by atoms with Crippen molar-refractivity contribution in [3.8, 4) is 0 Å². The Morgan fingerprint density at radius 2 is 1.00 bits per heavy atom. The van der Waals surface area contributed by atoms with E-state index in [9.17, 15) is 24.2 Å². The van der Waals surface area contributed by atoms with E-state index in [0.29, 0.717) is 12.8 Å². The fraction of sp³-hybridized carbons (Fsp3) is 0.810. The third-order valence-electron chi connectivity index (χ3n) is 8.77. The largest absolute Gasteiger partial charge is 0.472 e. The van der Waals surface area contributed by atoms with E-state index in [1.54, 1.807) is 0 Å². The third kappa shape index (κ3) is 38.3. The van der Waals surface area contributed by atoms with E-state index in [0.717, 1.165) is 64.2 Å². The van der Waals surface area contributed by atoms with Gasteiger partial charge in [-0.1, -0.05) is 140 Å². The molecule has 0 fully saturated rings. The number of allylic oxidation sites excluding steroid dienone is 6. The molecule has 0 aromatic heterocycles. The molecule has 0 aromatic carbocycles. The van der Waals surface area contributed by atoms with Gasteiger partial charge in [-0.05, 0) is 64.2 Å². The topological polar surface area (TPSA) is 149 Å². The first-order valence-electron chi connectivity index (χ1n) is 20.9. The molecule has 310 valence electrons. The molecule has 0 saturated heterocycles. The van der Waals surface area contributed by atoms with E-state index >= 15 is 0 Å². The summed E-state index contributed by atoms with van der Waals surface area (Å²) in [6.07, 6.45) is 38.2. The van der Waals surface area contributed by atoms with Gasteiger partial charge in [0.25, 0.3) is 0 Å². The van der Waals surface area contributed by atoms with E-state index in [1.807, 2.05) is 0 Å². The highest BCUT2D eigenvalue weighted by molar-refractivity contribution is 7.47. The number of ether oxygens (including phenoxy) is 2. The Hall–Kier alpha value is -1.81. The number of hydrogen-bond acceptors (Lipinski definition) is 9. The standard InChI is InChI=1S/C42H77O10P/c1-3-5-7-9-11-13-15-17-19-21-23-25-27-29-31-33-41(45)49-37-40(38-51-53(47,48)50-36-39(44)35-43)52-42(46)34-32-30-28-26-24-22-20-18-16-14-12-10-8-6-4-2/h10-13,17,19,39-40,43-44H,3-9,14-16,18,20-38H2,1-2H3,(H,47,48)/b12-10+,13-11+,19-17+/t39-,40+/m0/s1. The van der Waals surface area contributed by atoms with Crippen molar-refractivity contribution in [2.75, 3.05) is 26.4 Å². The van der Waals surface area contributed by atoms with Crippen LogP contribution >= 0.6 is 7.82 Å². The van der Waals surface area contributed by atoms with Crippen molar-refractivity contribution in [1.29, 1.82) is 0 Å². The molecule has 3 N–H and O–H groups in total. The molecular weight excluding hydrogens is 695 g/mol. The minimum absolute atomic E-state index is 0.179. The Morgan fingerprint density at radius 3 is 1.53 bits per heavy atom. The van der Waals surface area contributed by atoms with Crippen LogP contribution in [0.2, 0.25) is 0 Å². The Kier molecular flexibility index (Phi) is 37.2. The van der Waals surface area contributed by atoms with Crippen LogP contribution in [0.3, 0.4) is 0 Å². The number of aliphatic hydroxyl groups is 2. The van der Waals surface area contributed by atoms with Crippen LogP contribution < -0.4 is 0 Å². The molecular formula is C42H77O10P. The highest BCUT2D eigenvalue weighted by Gasteiger charge is 2.27. The summed E-state index contributed by atoms with van der Waals surface area (Å²) in [5.74, 6) is -0.943. The highest BCUT2D eigenvalue weighted by Crippen LogP contribution is 2.43. The number of phosphoric acid groups is 1. The predicted molar refractivity (Wildman–Crippen MR) is 214 cm³/mol. The smallest absolute Gasteiger partial charge is 0.462 e. The molecule has 0 aliphatic rings. The lowest BCUT2D eigenvalue weighted by Crippen LogP contribution is -2.29. The van der Waals surface area contributed by atoms with Gasteiger partial charge in [0.15, 0.2) is 6.10 Å². The Morgan fingerprint density at radius 1 is 0.566 bits per heavy atom. The highest BCUT2D eigenvalue weighted by atomic mass is 31.2. The van der Waals surface area contributed by atoms with Gasteiger partial charge in [0.05, 0.1) is 19.8 Å². The molecule has 3 atom stereocenters. The first kappa shape index (κ1) is 51.2. The molecule has 1 unspecified atom stereocenters. The van der Waals surface area contributed by atoms with Crippen molar-refractivity contribution in [1.82, 2.24) is 0 Å². The van der Waals surface area contributed by atoms with Gasteiger partial charge in [-0.3, -0.25) is 18.6 Å². The number of hydrogen-bond donors (Lipinski definition) is 3. The van der Waals surface area contributed by atoms with Crippen LogP contribution in [-0.4, -0.2) is 65.7 Å². The van der Waals surface area contributed by atoms with Gasteiger partial charge >= 0.3 is 19.8 Å². The maximum atomic E-state index is 12.6. The maximum Gasteiger partial charge on any atom is 0.472 e. The minimum Gasteiger partial charge on any atom is -0.462 e. The number of aliphatic hydroxyl groups excluding tert-OH is 2. The Balaban J connectivity index is 4.34. The molecule has 10 nitrogen and oxygen atoms in total. The number of carbonyl (C=O) groups is 2. The van der Waals surface area contributed by atoms with Gasteiger partial charge in [-0.15, -0.1) is 0 Å². The van der Waals surface area contributed by atoms with Crippen LogP contribution in [0, 0.1) is 0 Å². The summed E-state index contributed by atoms with van der Waals surface area (Å²) >= 11 is 0. The zero-order valence-corrected chi connectivity index (χ0v) is 34.4. The number of unbranched alkanes of at least 4 members (excludes halogenated alkanes) is 19. The second kappa shape index (κ2) is 38.5. The molecule has 53 heavy (non-hydrogen) atoms. The predicted octanol–water partition coefficient (Wildman–Crippen LogP) is 10.8. The van der Waals surface area contributed by atoms with Crippen molar-refractivity contribution < 1.29 is 47.8 Å². The Labute approximate surface area is 322 Å². The molecule has 0 saturated carbocycles. The number of esters is 2. The summed E-state index contributed by atoms with van der Waals surface area (Å²) in [6.45, 7) is 2.30. The number of phosphoric ester groups is 1. The van der Waals surface area contributed by atoms with Crippen molar-refractivity contribution in [2.24, 2.45) is 0 Å². The van der Waals surface area contributed by atoms with Gasteiger partial charge in [-0.2, -0.15) is 0 Å². The molecule has 0 amide bonds. The van der Waals surface area contributed by atoms with Gasteiger partial charge in [-0.25, -0.2) is 4.57 Å². The lowest BCUT2D eigenvalue weighted by Gasteiger charge is -2.20. The SMILES string of the molecule is CCCC/C=C/CCCCCCCCCCCC(=O)O[C@H](COC(=O)CCCCCCC/C=C/C/C=C/CCCCC)COP(=O)(O)OC[C@@H](O)CO. The van der Waals surface area contributed by atoms with E-state index in [1.165, 1.54) is 77.0 Å².